The molecule has 100 valence electrons. The number of halogens is 3. The lowest BCUT2D eigenvalue weighted by atomic mass is 10.3. The van der Waals surface area contributed by atoms with Crippen LogP contribution in [0.5, 0.6) is 0 Å². The van der Waals surface area contributed by atoms with Crippen molar-refractivity contribution in [2.45, 2.75) is 12.5 Å². The molecule has 0 aromatic heterocycles. The Morgan fingerprint density at radius 1 is 1.44 bits per heavy atom. The first-order valence-electron chi connectivity index (χ1n) is 5.21. The van der Waals surface area contributed by atoms with E-state index in [0.717, 1.165) is 4.47 Å². The minimum absolute atomic E-state index is 0.143. The van der Waals surface area contributed by atoms with Crippen molar-refractivity contribution in [3.8, 4) is 0 Å². The molecule has 4 nitrogen and oxygen atoms in total. The number of amides is 1. The average molecular weight is 323 g/mol. The van der Waals surface area contributed by atoms with Gasteiger partial charge in [-0.2, -0.15) is 0 Å². The molecule has 1 rings (SSSR count). The fraction of sp³-hybridized carbons (Fsp3) is 0.364. The highest BCUT2D eigenvalue weighted by atomic mass is 79.9. The van der Waals surface area contributed by atoms with Gasteiger partial charge in [0.2, 0.25) is 5.91 Å². The van der Waals surface area contributed by atoms with Crippen LogP contribution in [0, 0.1) is 0 Å². The number of alkyl halides is 2. The third-order valence-electron chi connectivity index (χ3n) is 2.04. The second-order valence-electron chi connectivity index (χ2n) is 3.59. The first kappa shape index (κ1) is 15.0. The molecule has 3 N–H and O–H groups in total. The molecule has 0 saturated carbocycles. The summed E-state index contributed by atoms with van der Waals surface area (Å²) < 4.78 is 24.7. The Bertz CT molecular complexity index is 404. The van der Waals surface area contributed by atoms with Gasteiger partial charge in [-0.3, -0.25) is 4.79 Å². The normalized spacial score (nSPS) is 12.5. The first-order chi connectivity index (χ1) is 8.49. The number of hydrogen-bond donors (Lipinski definition) is 3. The van der Waals surface area contributed by atoms with Gasteiger partial charge in [-0.1, -0.05) is 22.0 Å². The molecule has 0 radical (unpaired) electrons. The van der Waals surface area contributed by atoms with Crippen molar-refractivity contribution >= 4 is 27.5 Å². The molecule has 0 bridgehead atoms. The Hall–Kier alpha value is -1.05. The Kier molecular flexibility index (Phi) is 6.17. The molecule has 0 aliphatic rings. The zero-order chi connectivity index (χ0) is 13.5. The lowest BCUT2D eigenvalue weighted by Gasteiger charge is -2.10. The monoisotopic (exact) mass is 322 g/mol. The third-order valence-corrected chi connectivity index (χ3v) is 2.53. The fourth-order valence-electron chi connectivity index (χ4n) is 1.19. The summed E-state index contributed by atoms with van der Waals surface area (Å²) in [5, 5.41) is 13.8. The maximum Gasteiger partial charge on any atom is 0.265 e. The number of aliphatic hydroxyl groups is 1. The predicted molar refractivity (Wildman–Crippen MR) is 67.7 cm³/mol. The van der Waals surface area contributed by atoms with Crippen LogP contribution >= 0.6 is 15.9 Å². The largest absolute Gasteiger partial charge is 0.386 e. The third kappa shape index (κ3) is 5.52. The van der Waals surface area contributed by atoms with Crippen LogP contribution < -0.4 is 10.6 Å². The van der Waals surface area contributed by atoms with Crippen molar-refractivity contribution < 1.29 is 18.7 Å². The first-order valence-corrected chi connectivity index (χ1v) is 6.00. The van der Waals surface area contributed by atoms with E-state index in [1.807, 2.05) is 6.07 Å². The second-order valence-corrected chi connectivity index (χ2v) is 4.51. The minimum Gasteiger partial charge on any atom is -0.386 e. The molecule has 0 aliphatic carbocycles. The van der Waals surface area contributed by atoms with Gasteiger partial charge in [-0.05, 0) is 18.2 Å². The van der Waals surface area contributed by atoms with Crippen LogP contribution in [0.2, 0.25) is 0 Å². The van der Waals surface area contributed by atoms with E-state index in [0.29, 0.717) is 5.69 Å². The van der Waals surface area contributed by atoms with Crippen molar-refractivity contribution in [1.82, 2.24) is 5.32 Å². The van der Waals surface area contributed by atoms with Crippen LogP contribution in [-0.4, -0.2) is 36.6 Å². The number of rotatable bonds is 6. The summed E-state index contributed by atoms with van der Waals surface area (Å²) in [6, 6.07) is 6.99. The Morgan fingerprint density at radius 2 is 2.17 bits per heavy atom. The summed E-state index contributed by atoms with van der Waals surface area (Å²) in [6.07, 6.45) is -4.57. The molecule has 0 heterocycles. The van der Waals surface area contributed by atoms with Gasteiger partial charge in [-0.25, -0.2) is 8.78 Å². The summed E-state index contributed by atoms with van der Waals surface area (Å²) >= 11 is 3.26. The van der Waals surface area contributed by atoms with E-state index in [1.54, 1.807) is 18.2 Å². The molecule has 0 spiro atoms. The lowest BCUT2D eigenvalue weighted by molar-refractivity contribution is -0.115. The zero-order valence-corrected chi connectivity index (χ0v) is 11.0. The molecule has 0 fully saturated rings. The number of nitrogens with one attached hydrogen (secondary N) is 2. The minimum atomic E-state index is -2.81. The van der Waals surface area contributed by atoms with Crippen molar-refractivity contribution in [3.63, 3.8) is 0 Å². The van der Waals surface area contributed by atoms with Gasteiger partial charge in [0.25, 0.3) is 6.43 Å². The molecule has 1 aromatic rings. The quantitative estimate of drug-likeness (QED) is 0.745. The van der Waals surface area contributed by atoms with Crippen LogP contribution in [-0.2, 0) is 4.79 Å². The summed E-state index contributed by atoms with van der Waals surface area (Å²) in [6.45, 7) is -0.472. The molecule has 0 saturated heterocycles. The van der Waals surface area contributed by atoms with E-state index >= 15 is 0 Å². The highest BCUT2D eigenvalue weighted by molar-refractivity contribution is 9.10. The van der Waals surface area contributed by atoms with E-state index < -0.39 is 12.5 Å². The maximum atomic E-state index is 11.9. The van der Waals surface area contributed by atoms with Gasteiger partial charge in [0.1, 0.15) is 6.10 Å². The molecule has 18 heavy (non-hydrogen) atoms. The molecule has 1 aromatic carbocycles. The van der Waals surface area contributed by atoms with Crippen molar-refractivity contribution in [1.29, 1.82) is 0 Å². The van der Waals surface area contributed by atoms with E-state index in [4.69, 9.17) is 5.11 Å². The van der Waals surface area contributed by atoms with Crippen molar-refractivity contribution in [2.75, 3.05) is 18.4 Å². The number of aliphatic hydroxyl groups excluding tert-OH is 1. The topological polar surface area (TPSA) is 61.4 Å². The van der Waals surface area contributed by atoms with Gasteiger partial charge >= 0.3 is 0 Å². The second kappa shape index (κ2) is 7.40. The number of benzene rings is 1. The van der Waals surface area contributed by atoms with Crippen LogP contribution in [0.25, 0.3) is 0 Å². The summed E-state index contributed by atoms with van der Waals surface area (Å²) in [7, 11) is 0. The highest BCUT2D eigenvalue weighted by Crippen LogP contribution is 2.15. The number of anilines is 1. The number of carbonyl (C=O) groups is 1. The van der Waals surface area contributed by atoms with Crippen LogP contribution in [0.15, 0.2) is 28.7 Å². The van der Waals surface area contributed by atoms with Crippen molar-refractivity contribution in [2.24, 2.45) is 0 Å². The number of hydrogen-bond acceptors (Lipinski definition) is 3. The summed E-state index contributed by atoms with van der Waals surface area (Å²) in [5.74, 6) is -0.366. The maximum absolute atomic E-state index is 11.9. The Labute approximate surface area is 112 Å². The smallest absolute Gasteiger partial charge is 0.265 e. The van der Waals surface area contributed by atoms with Crippen LogP contribution in [0.4, 0.5) is 14.5 Å². The van der Waals surface area contributed by atoms with Crippen LogP contribution in [0.1, 0.15) is 0 Å². The molecule has 1 amide bonds. The predicted octanol–water partition coefficient (Wildman–Crippen LogP) is 1.60. The standard InChI is InChI=1S/C11H13BrF2N2O2/c12-7-2-1-3-8(4-7)16-10(18)6-15-5-9(17)11(13)14/h1-4,9,11,15,17H,5-6H2,(H,16,18). The fourth-order valence-corrected chi connectivity index (χ4v) is 1.59. The van der Waals surface area contributed by atoms with Gasteiger partial charge in [0.05, 0.1) is 6.54 Å². The zero-order valence-electron chi connectivity index (χ0n) is 9.37. The molecule has 7 heteroatoms. The van der Waals surface area contributed by atoms with E-state index in [2.05, 4.69) is 26.6 Å². The van der Waals surface area contributed by atoms with Crippen molar-refractivity contribution in [3.05, 3.63) is 28.7 Å². The van der Waals surface area contributed by atoms with E-state index in [9.17, 15) is 13.6 Å². The van der Waals surface area contributed by atoms with E-state index in [1.165, 1.54) is 0 Å². The Balaban J connectivity index is 2.30. The summed E-state index contributed by atoms with van der Waals surface area (Å²) in [4.78, 5) is 11.4. The summed E-state index contributed by atoms with van der Waals surface area (Å²) in [5.41, 5.74) is 0.602. The average Bonchev–Trinajstić information content (AvgIpc) is 2.28. The molecule has 1 atom stereocenters. The number of carbonyl (C=O) groups excluding carboxylic acids is 1. The molecular formula is C11H13BrF2N2O2. The van der Waals surface area contributed by atoms with Crippen LogP contribution in [0.3, 0.4) is 0 Å². The SMILES string of the molecule is O=C(CNCC(O)C(F)F)Nc1cccc(Br)c1. The molecular weight excluding hydrogens is 310 g/mol. The van der Waals surface area contributed by atoms with Gasteiger partial charge in [0, 0.05) is 16.7 Å². The Morgan fingerprint density at radius 3 is 2.78 bits per heavy atom. The van der Waals surface area contributed by atoms with Gasteiger partial charge < -0.3 is 15.7 Å². The lowest BCUT2D eigenvalue weighted by Crippen LogP contribution is -2.36. The van der Waals surface area contributed by atoms with E-state index in [-0.39, 0.29) is 19.0 Å². The van der Waals surface area contributed by atoms with Gasteiger partial charge in [-0.15, -0.1) is 0 Å². The van der Waals surface area contributed by atoms with Gasteiger partial charge in [0.15, 0.2) is 0 Å². The highest BCUT2D eigenvalue weighted by Gasteiger charge is 2.16. The molecule has 0 aliphatic heterocycles. The molecule has 1 unspecified atom stereocenters.